The Hall–Kier alpha value is -1.06. The van der Waals surface area contributed by atoms with Crippen LogP contribution in [-0.2, 0) is 11.2 Å². The molecule has 2 N–H and O–H groups in total. The van der Waals surface area contributed by atoms with Crippen molar-refractivity contribution < 1.29 is 4.79 Å². The van der Waals surface area contributed by atoms with Crippen molar-refractivity contribution >= 4 is 18.3 Å². The molecule has 1 unspecified atom stereocenters. The van der Waals surface area contributed by atoms with E-state index in [2.05, 4.69) is 38.1 Å². The molecule has 0 aliphatic carbocycles. The molecule has 0 bridgehead atoms. The number of aryl methyl sites for hydroxylation is 1. The monoisotopic (exact) mass is 324 g/mol. The highest BCUT2D eigenvalue weighted by Gasteiger charge is 2.24. The van der Waals surface area contributed by atoms with Crippen LogP contribution in [0.25, 0.3) is 0 Å². The van der Waals surface area contributed by atoms with Gasteiger partial charge < -0.3 is 10.6 Å². The van der Waals surface area contributed by atoms with Gasteiger partial charge in [-0.2, -0.15) is 0 Å². The number of carbonyl (C=O) groups is 1. The van der Waals surface area contributed by atoms with E-state index >= 15 is 0 Å². The summed E-state index contributed by atoms with van der Waals surface area (Å²) in [5, 5.41) is 0. The summed E-state index contributed by atoms with van der Waals surface area (Å²) in [6.45, 7) is 5.87. The molecule has 0 aromatic heterocycles. The fourth-order valence-electron chi connectivity index (χ4n) is 3.04. The van der Waals surface area contributed by atoms with Gasteiger partial charge in [-0.25, -0.2) is 0 Å². The Morgan fingerprint density at radius 2 is 1.95 bits per heavy atom. The Labute approximate surface area is 140 Å². The highest BCUT2D eigenvalue weighted by atomic mass is 35.5. The van der Waals surface area contributed by atoms with Crippen LogP contribution in [0.4, 0.5) is 0 Å². The van der Waals surface area contributed by atoms with Crippen molar-refractivity contribution in [3.63, 3.8) is 0 Å². The van der Waals surface area contributed by atoms with Gasteiger partial charge in [0.15, 0.2) is 0 Å². The number of benzene rings is 1. The Balaban J connectivity index is 0.00000242. The fraction of sp³-hybridized carbons (Fsp3) is 0.611. The van der Waals surface area contributed by atoms with E-state index in [9.17, 15) is 4.79 Å². The number of hydrogen-bond acceptors (Lipinski definition) is 2. The standard InChI is InChI=1S/C18H28N2O.ClH/c1-14(2)16-9-6-15(7-10-16)8-11-18(21)20-12-4-3-5-17(20)13-19;/h6-7,9-10,14,17H,3-5,8,11-13,19H2,1-2H3;1H. The molecule has 1 aliphatic heterocycles. The maximum absolute atomic E-state index is 12.4. The molecule has 0 saturated carbocycles. The molecule has 1 amide bonds. The molecule has 0 radical (unpaired) electrons. The van der Waals surface area contributed by atoms with Crippen LogP contribution in [0.1, 0.15) is 56.6 Å². The lowest BCUT2D eigenvalue weighted by atomic mass is 9.99. The van der Waals surface area contributed by atoms with Gasteiger partial charge in [0.05, 0.1) is 0 Å². The highest BCUT2D eigenvalue weighted by molar-refractivity contribution is 5.85. The smallest absolute Gasteiger partial charge is 0.223 e. The second-order valence-electron chi connectivity index (χ2n) is 6.37. The van der Waals surface area contributed by atoms with Crippen molar-refractivity contribution in [1.29, 1.82) is 0 Å². The molecule has 1 fully saturated rings. The van der Waals surface area contributed by atoms with Gasteiger partial charge in [0, 0.05) is 25.6 Å². The van der Waals surface area contributed by atoms with Gasteiger partial charge in [-0.15, -0.1) is 12.4 Å². The first-order valence-electron chi connectivity index (χ1n) is 8.20. The average molecular weight is 325 g/mol. The van der Waals surface area contributed by atoms with E-state index in [0.29, 0.717) is 18.9 Å². The minimum atomic E-state index is 0. The molecule has 1 aromatic rings. The fourth-order valence-corrected chi connectivity index (χ4v) is 3.04. The summed E-state index contributed by atoms with van der Waals surface area (Å²) in [6, 6.07) is 8.91. The summed E-state index contributed by atoms with van der Waals surface area (Å²) < 4.78 is 0. The largest absolute Gasteiger partial charge is 0.338 e. The SMILES string of the molecule is CC(C)c1ccc(CCC(=O)N2CCCCC2CN)cc1.Cl. The lowest BCUT2D eigenvalue weighted by molar-refractivity contribution is -0.134. The van der Waals surface area contributed by atoms with Gasteiger partial charge >= 0.3 is 0 Å². The molecule has 1 heterocycles. The lowest BCUT2D eigenvalue weighted by Crippen LogP contribution is -2.47. The van der Waals surface area contributed by atoms with Crippen molar-refractivity contribution in [2.75, 3.05) is 13.1 Å². The zero-order valence-electron chi connectivity index (χ0n) is 13.8. The molecule has 1 atom stereocenters. The normalized spacial score (nSPS) is 18.2. The molecule has 4 heteroatoms. The van der Waals surface area contributed by atoms with Crippen LogP contribution >= 0.6 is 12.4 Å². The molecular weight excluding hydrogens is 296 g/mol. The summed E-state index contributed by atoms with van der Waals surface area (Å²) >= 11 is 0. The molecule has 1 aromatic carbocycles. The predicted molar refractivity (Wildman–Crippen MR) is 94.5 cm³/mol. The van der Waals surface area contributed by atoms with Crippen molar-refractivity contribution in [2.24, 2.45) is 5.73 Å². The first kappa shape index (κ1) is 19.0. The first-order chi connectivity index (χ1) is 10.1. The minimum absolute atomic E-state index is 0. The first-order valence-corrected chi connectivity index (χ1v) is 8.20. The number of amides is 1. The van der Waals surface area contributed by atoms with Gasteiger partial charge in [-0.05, 0) is 42.7 Å². The molecule has 0 spiro atoms. The third kappa shape index (κ3) is 4.99. The number of hydrogen-bond donors (Lipinski definition) is 1. The van der Waals surface area contributed by atoms with Gasteiger partial charge in [0.2, 0.25) is 5.91 Å². The Bertz CT molecular complexity index is 459. The quantitative estimate of drug-likeness (QED) is 0.901. The lowest BCUT2D eigenvalue weighted by Gasteiger charge is -2.35. The van der Waals surface area contributed by atoms with E-state index in [1.807, 2.05) is 4.90 Å². The van der Waals surface area contributed by atoms with Crippen LogP contribution in [0.2, 0.25) is 0 Å². The van der Waals surface area contributed by atoms with E-state index in [1.165, 1.54) is 17.5 Å². The molecular formula is C18H29ClN2O. The maximum atomic E-state index is 12.4. The Morgan fingerprint density at radius 1 is 1.27 bits per heavy atom. The van der Waals surface area contributed by atoms with Crippen molar-refractivity contribution in [1.82, 2.24) is 4.90 Å². The van der Waals surface area contributed by atoms with Gasteiger partial charge in [-0.3, -0.25) is 4.79 Å². The summed E-state index contributed by atoms with van der Waals surface area (Å²) in [5.74, 6) is 0.817. The van der Waals surface area contributed by atoms with Crippen LogP contribution in [-0.4, -0.2) is 29.9 Å². The Morgan fingerprint density at radius 3 is 2.55 bits per heavy atom. The van der Waals surface area contributed by atoms with E-state index < -0.39 is 0 Å². The van der Waals surface area contributed by atoms with Crippen molar-refractivity contribution in [2.45, 2.75) is 57.9 Å². The van der Waals surface area contributed by atoms with Gasteiger partial charge in [-0.1, -0.05) is 38.1 Å². The Kier molecular flexibility index (Phi) is 7.91. The highest BCUT2D eigenvalue weighted by Crippen LogP contribution is 2.19. The number of piperidine rings is 1. The van der Waals surface area contributed by atoms with Crippen molar-refractivity contribution in [3.05, 3.63) is 35.4 Å². The molecule has 3 nitrogen and oxygen atoms in total. The number of halogens is 1. The van der Waals surface area contributed by atoms with Gasteiger partial charge in [0.25, 0.3) is 0 Å². The molecule has 1 aliphatic rings. The molecule has 124 valence electrons. The van der Waals surface area contributed by atoms with E-state index in [4.69, 9.17) is 5.73 Å². The summed E-state index contributed by atoms with van der Waals surface area (Å²) in [4.78, 5) is 14.4. The van der Waals surface area contributed by atoms with Crippen LogP contribution in [0, 0.1) is 0 Å². The third-order valence-corrected chi connectivity index (χ3v) is 4.49. The van der Waals surface area contributed by atoms with Crippen LogP contribution in [0.5, 0.6) is 0 Å². The maximum Gasteiger partial charge on any atom is 0.223 e. The number of carbonyl (C=O) groups excluding carboxylic acids is 1. The van der Waals surface area contributed by atoms with E-state index in [1.54, 1.807) is 0 Å². The zero-order valence-corrected chi connectivity index (χ0v) is 14.6. The second kappa shape index (κ2) is 9.16. The zero-order chi connectivity index (χ0) is 15.2. The van der Waals surface area contributed by atoms with E-state index in [-0.39, 0.29) is 24.4 Å². The summed E-state index contributed by atoms with van der Waals surface area (Å²) in [6.07, 6.45) is 4.79. The molecule has 2 rings (SSSR count). The van der Waals surface area contributed by atoms with Crippen LogP contribution in [0.15, 0.2) is 24.3 Å². The summed E-state index contributed by atoms with van der Waals surface area (Å²) in [7, 11) is 0. The molecule has 22 heavy (non-hydrogen) atoms. The molecule has 1 saturated heterocycles. The van der Waals surface area contributed by atoms with Crippen LogP contribution in [0.3, 0.4) is 0 Å². The minimum Gasteiger partial charge on any atom is -0.338 e. The predicted octanol–water partition coefficient (Wildman–Crippen LogP) is 3.50. The summed E-state index contributed by atoms with van der Waals surface area (Å²) in [5.41, 5.74) is 8.39. The number of nitrogens with two attached hydrogens (primary N) is 1. The third-order valence-electron chi connectivity index (χ3n) is 4.49. The van der Waals surface area contributed by atoms with Gasteiger partial charge in [0.1, 0.15) is 0 Å². The second-order valence-corrected chi connectivity index (χ2v) is 6.37. The van der Waals surface area contributed by atoms with Crippen LogP contribution < -0.4 is 5.73 Å². The topological polar surface area (TPSA) is 46.3 Å². The van der Waals surface area contributed by atoms with Crippen molar-refractivity contribution in [3.8, 4) is 0 Å². The van der Waals surface area contributed by atoms with E-state index in [0.717, 1.165) is 25.8 Å². The number of nitrogens with zero attached hydrogens (tertiary/aromatic N) is 1. The number of rotatable bonds is 5. The average Bonchev–Trinajstić information content (AvgIpc) is 2.52. The number of likely N-dealkylation sites (tertiary alicyclic amines) is 1.